The number of hydrogen-bond acceptors (Lipinski definition) is 6. The molecule has 6 nitrogen and oxygen atoms in total. The summed E-state index contributed by atoms with van der Waals surface area (Å²) in [6.45, 7) is 9.74. The van der Waals surface area contributed by atoms with Crippen molar-refractivity contribution in [1.82, 2.24) is 20.0 Å². The van der Waals surface area contributed by atoms with Gasteiger partial charge in [0, 0.05) is 39.3 Å². The van der Waals surface area contributed by atoms with E-state index < -0.39 is 5.60 Å². The SMILES string of the molecule is Cc1cnnc(N2CC[C@](O)(c3ccccc3)[C@H](N3CCN(C)CC3)C2)c1C. The van der Waals surface area contributed by atoms with E-state index in [2.05, 4.69) is 57.9 Å². The molecule has 1 N–H and O–H groups in total. The molecule has 0 unspecified atom stereocenters. The summed E-state index contributed by atoms with van der Waals surface area (Å²) < 4.78 is 0. The van der Waals surface area contributed by atoms with Crippen molar-refractivity contribution in [1.29, 1.82) is 0 Å². The van der Waals surface area contributed by atoms with Crippen LogP contribution >= 0.6 is 0 Å². The average Bonchev–Trinajstić information content (AvgIpc) is 2.72. The molecule has 2 fully saturated rings. The molecule has 2 aromatic rings. The molecule has 150 valence electrons. The molecule has 0 bridgehead atoms. The molecular formula is C22H31N5O. The Bertz CT molecular complexity index is 806. The predicted molar refractivity (Wildman–Crippen MR) is 112 cm³/mol. The van der Waals surface area contributed by atoms with Gasteiger partial charge in [0.15, 0.2) is 5.82 Å². The topological polar surface area (TPSA) is 55.7 Å². The zero-order chi connectivity index (χ0) is 19.7. The molecule has 0 radical (unpaired) electrons. The van der Waals surface area contributed by atoms with Crippen LogP contribution in [0.2, 0.25) is 0 Å². The number of hydrogen-bond donors (Lipinski definition) is 1. The first-order chi connectivity index (χ1) is 13.5. The van der Waals surface area contributed by atoms with Gasteiger partial charge in [-0.1, -0.05) is 30.3 Å². The minimum Gasteiger partial charge on any atom is -0.383 e. The third kappa shape index (κ3) is 3.52. The molecule has 0 saturated carbocycles. The van der Waals surface area contributed by atoms with Crippen LogP contribution in [0.4, 0.5) is 5.82 Å². The molecule has 1 aromatic carbocycles. The second kappa shape index (κ2) is 7.78. The maximum Gasteiger partial charge on any atom is 0.154 e. The number of anilines is 1. The van der Waals surface area contributed by atoms with Gasteiger partial charge in [-0.05, 0) is 44.0 Å². The summed E-state index contributed by atoms with van der Waals surface area (Å²) in [5.74, 6) is 0.953. The molecule has 3 heterocycles. The van der Waals surface area contributed by atoms with Crippen molar-refractivity contribution in [3.63, 3.8) is 0 Å². The normalized spacial score (nSPS) is 27.1. The van der Waals surface area contributed by atoms with Crippen LogP contribution in [0.25, 0.3) is 0 Å². The molecule has 4 rings (SSSR count). The lowest BCUT2D eigenvalue weighted by Gasteiger charge is -2.51. The van der Waals surface area contributed by atoms with Crippen LogP contribution in [-0.2, 0) is 5.60 Å². The van der Waals surface area contributed by atoms with Gasteiger partial charge in [0.2, 0.25) is 0 Å². The minimum atomic E-state index is -0.848. The Kier molecular flexibility index (Phi) is 5.36. The number of likely N-dealkylation sites (N-methyl/N-ethyl adjacent to an activating group) is 1. The maximum absolute atomic E-state index is 11.9. The highest BCUT2D eigenvalue weighted by Gasteiger charge is 2.46. The minimum absolute atomic E-state index is 0.0269. The van der Waals surface area contributed by atoms with E-state index >= 15 is 0 Å². The number of benzene rings is 1. The van der Waals surface area contributed by atoms with Crippen LogP contribution in [0.5, 0.6) is 0 Å². The smallest absolute Gasteiger partial charge is 0.154 e. The quantitative estimate of drug-likeness (QED) is 0.875. The molecule has 2 aliphatic heterocycles. The molecule has 6 heteroatoms. The summed E-state index contributed by atoms with van der Waals surface area (Å²) in [6.07, 6.45) is 2.50. The molecule has 0 amide bonds. The standard InChI is InChI=1S/C22H31N5O/c1-17-15-23-24-21(18(17)2)27-10-9-22(28,19-7-5-4-6-8-19)20(16-27)26-13-11-25(3)12-14-26/h4-8,15,20,28H,9-14,16H2,1-3H3/t20-,22+/m1/s1. The van der Waals surface area contributed by atoms with Gasteiger partial charge in [-0.25, -0.2) is 0 Å². The summed E-state index contributed by atoms with van der Waals surface area (Å²) in [5.41, 5.74) is 2.51. The Hall–Kier alpha value is -2.02. The van der Waals surface area contributed by atoms with E-state index in [1.54, 1.807) is 0 Å². The zero-order valence-electron chi connectivity index (χ0n) is 17.2. The number of aryl methyl sites for hydroxylation is 1. The van der Waals surface area contributed by atoms with E-state index in [-0.39, 0.29) is 6.04 Å². The van der Waals surface area contributed by atoms with Crippen LogP contribution in [-0.4, -0.2) is 77.5 Å². The Morgan fingerprint density at radius 2 is 1.75 bits per heavy atom. The van der Waals surface area contributed by atoms with Crippen molar-refractivity contribution in [2.24, 2.45) is 0 Å². The monoisotopic (exact) mass is 381 g/mol. The summed E-state index contributed by atoms with van der Waals surface area (Å²) in [7, 11) is 2.17. The highest BCUT2D eigenvalue weighted by Crippen LogP contribution is 2.38. The Balaban J connectivity index is 1.67. The van der Waals surface area contributed by atoms with Crippen molar-refractivity contribution in [3.8, 4) is 0 Å². The number of piperidine rings is 1. The van der Waals surface area contributed by atoms with Crippen molar-refractivity contribution < 1.29 is 5.11 Å². The number of nitrogens with zero attached hydrogens (tertiary/aromatic N) is 5. The molecule has 1 aromatic heterocycles. The van der Waals surface area contributed by atoms with Crippen LogP contribution in [0.15, 0.2) is 36.5 Å². The van der Waals surface area contributed by atoms with Gasteiger partial charge < -0.3 is 14.9 Å². The van der Waals surface area contributed by atoms with Crippen LogP contribution in [0.3, 0.4) is 0 Å². The molecule has 2 aliphatic rings. The van der Waals surface area contributed by atoms with Crippen molar-refractivity contribution in [2.45, 2.75) is 31.9 Å². The molecule has 28 heavy (non-hydrogen) atoms. The Labute approximate surface area is 167 Å². The fourth-order valence-corrected chi connectivity index (χ4v) is 4.55. The zero-order valence-corrected chi connectivity index (χ0v) is 17.2. The van der Waals surface area contributed by atoms with Gasteiger partial charge in [0.05, 0.1) is 12.2 Å². The van der Waals surface area contributed by atoms with E-state index in [4.69, 9.17) is 0 Å². The number of rotatable bonds is 3. The van der Waals surface area contributed by atoms with E-state index in [0.29, 0.717) is 6.42 Å². The van der Waals surface area contributed by atoms with Crippen LogP contribution < -0.4 is 4.90 Å². The summed E-state index contributed by atoms with van der Waals surface area (Å²) >= 11 is 0. The van der Waals surface area contributed by atoms with Crippen molar-refractivity contribution in [3.05, 3.63) is 53.2 Å². The van der Waals surface area contributed by atoms with Gasteiger partial charge in [-0.15, -0.1) is 5.10 Å². The largest absolute Gasteiger partial charge is 0.383 e. The lowest BCUT2D eigenvalue weighted by atomic mass is 9.79. The maximum atomic E-state index is 11.9. The van der Waals surface area contributed by atoms with Crippen LogP contribution in [0, 0.1) is 13.8 Å². The molecule has 2 saturated heterocycles. The predicted octanol–water partition coefficient (Wildman–Crippen LogP) is 1.81. The fourth-order valence-electron chi connectivity index (χ4n) is 4.55. The van der Waals surface area contributed by atoms with Gasteiger partial charge in [-0.3, -0.25) is 4.90 Å². The lowest BCUT2D eigenvalue weighted by Crippen LogP contribution is -2.64. The highest BCUT2D eigenvalue weighted by molar-refractivity contribution is 5.49. The van der Waals surface area contributed by atoms with Crippen LogP contribution in [0.1, 0.15) is 23.1 Å². The van der Waals surface area contributed by atoms with Gasteiger partial charge in [-0.2, -0.15) is 5.10 Å². The molecule has 0 spiro atoms. The molecule has 2 atom stereocenters. The average molecular weight is 382 g/mol. The first-order valence-corrected chi connectivity index (χ1v) is 10.2. The van der Waals surface area contributed by atoms with Crippen molar-refractivity contribution >= 4 is 5.82 Å². The Morgan fingerprint density at radius 1 is 1.04 bits per heavy atom. The van der Waals surface area contributed by atoms with E-state index in [0.717, 1.165) is 56.2 Å². The van der Waals surface area contributed by atoms with Gasteiger partial charge in [0.1, 0.15) is 5.60 Å². The second-order valence-corrected chi connectivity index (χ2v) is 8.32. The molecule has 0 aliphatic carbocycles. The highest BCUT2D eigenvalue weighted by atomic mass is 16.3. The second-order valence-electron chi connectivity index (χ2n) is 8.32. The first-order valence-electron chi connectivity index (χ1n) is 10.2. The van der Waals surface area contributed by atoms with Gasteiger partial charge >= 0.3 is 0 Å². The third-order valence-corrected chi connectivity index (χ3v) is 6.59. The number of aliphatic hydroxyl groups is 1. The number of aromatic nitrogens is 2. The molecular weight excluding hydrogens is 350 g/mol. The lowest BCUT2D eigenvalue weighted by molar-refractivity contribution is -0.0757. The summed E-state index contributed by atoms with van der Waals surface area (Å²) in [5, 5.41) is 20.5. The van der Waals surface area contributed by atoms with E-state index in [1.807, 2.05) is 24.4 Å². The first kappa shape index (κ1) is 19.3. The van der Waals surface area contributed by atoms with Gasteiger partial charge in [0.25, 0.3) is 0 Å². The van der Waals surface area contributed by atoms with E-state index in [9.17, 15) is 5.11 Å². The summed E-state index contributed by atoms with van der Waals surface area (Å²) in [6, 6.07) is 10.2. The van der Waals surface area contributed by atoms with Crippen molar-refractivity contribution in [2.75, 3.05) is 51.2 Å². The fraction of sp³-hybridized carbons (Fsp3) is 0.545. The van der Waals surface area contributed by atoms with E-state index in [1.165, 1.54) is 5.56 Å². The Morgan fingerprint density at radius 3 is 2.46 bits per heavy atom. The third-order valence-electron chi connectivity index (χ3n) is 6.59. The summed E-state index contributed by atoms with van der Waals surface area (Å²) in [4.78, 5) is 7.14. The number of piperazine rings is 1.